The van der Waals surface area contributed by atoms with Gasteiger partial charge in [-0.15, -0.1) is 0 Å². The Kier molecular flexibility index (Phi) is 11.5. The number of nitrogens with one attached hydrogen (secondary N) is 1. The number of amidine groups is 1. The van der Waals surface area contributed by atoms with Gasteiger partial charge >= 0.3 is 0 Å². The maximum Gasteiger partial charge on any atom is 0.253 e. The first-order valence-electron chi connectivity index (χ1n) is 15.4. The van der Waals surface area contributed by atoms with Crippen LogP contribution in [0.15, 0.2) is 77.9 Å². The number of aryl methyl sites for hydroxylation is 1. The molecule has 0 radical (unpaired) electrons. The van der Waals surface area contributed by atoms with Crippen molar-refractivity contribution < 1.29 is 14.4 Å². The number of piperidine rings is 1. The second-order valence-corrected chi connectivity index (χ2v) is 11.7. The third kappa shape index (κ3) is 8.81. The first-order chi connectivity index (χ1) is 21.7. The van der Waals surface area contributed by atoms with Gasteiger partial charge in [0.2, 0.25) is 6.41 Å². The number of benzene rings is 3. The largest absolute Gasteiger partial charge is 0.382 e. The summed E-state index contributed by atoms with van der Waals surface area (Å²) in [7, 11) is 5.79. The van der Waals surface area contributed by atoms with Gasteiger partial charge in [-0.1, -0.05) is 29.8 Å². The average molecular weight is 609 g/mol. The Morgan fingerprint density at radius 3 is 2.20 bits per heavy atom. The molecule has 1 aliphatic heterocycles. The van der Waals surface area contributed by atoms with Crippen LogP contribution >= 0.6 is 0 Å². The number of carbonyl (C=O) groups excluding carboxylic acids is 3. The summed E-state index contributed by atoms with van der Waals surface area (Å²) < 4.78 is 0. The van der Waals surface area contributed by atoms with E-state index in [0.29, 0.717) is 36.3 Å². The lowest BCUT2D eigenvalue weighted by Crippen LogP contribution is -2.35. The van der Waals surface area contributed by atoms with E-state index in [4.69, 9.17) is 4.99 Å². The molecule has 2 amide bonds. The monoisotopic (exact) mass is 608 g/mol. The van der Waals surface area contributed by atoms with Crippen LogP contribution < -0.4 is 15.1 Å². The number of amides is 2. The quantitative estimate of drug-likeness (QED) is 0.164. The molecule has 1 N–H and O–H groups in total. The van der Waals surface area contributed by atoms with Crippen LogP contribution in [0.1, 0.15) is 46.3 Å². The van der Waals surface area contributed by atoms with Gasteiger partial charge in [0.1, 0.15) is 0 Å². The molecule has 3 aromatic rings. The molecule has 236 valence electrons. The smallest absolute Gasteiger partial charge is 0.253 e. The van der Waals surface area contributed by atoms with Crippen LogP contribution in [0.25, 0.3) is 5.70 Å². The topological polar surface area (TPSA) is 88.6 Å². The fourth-order valence-corrected chi connectivity index (χ4v) is 5.37. The minimum atomic E-state index is 0.0308. The second kappa shape index (κ2) is 15.7. The highest BCUT2D eigenvalue weighted by Crippen LogP contribution is 2.29. The third-order valence-corrected chi connectivity index (χ3v) is 7.95. The van der Waals surface area contributed by atoms with Crippen molar-refractivity contribution in [2.45, 2.75) is 33.1 Å². The molecule has 1 fully saturated rings. The van der Waals surface area contributed by atoms with Crippen LogP contribution in [0, 0.1) is 13.8 Å². The molecule has 9 heteroatoms. The molecule has 0 atom stereocenters. The van der Waals surface area contributed by atoms with Gasteiger partial charge in [-0.05, 0) is 81.1 Å². The Balaban J connectivity index is 1.53. The van der Waals surface area contributed by atoms with E-state index in [-0.39, 0.29) is 11.7 Å². The zero-order chi connectivity index (χ0) is 32.3. The van der Waals surface area contributed by atoms with Crippen LogP contribution in [0.5, 0.6) is 0 Å². The molecule has 0 aromatic heterocycles. The Morgan fingerprint density at radius 2 is 1.58 bits per heavy atom. The molecule has 0 saturated carbocycles. The summed E-state index contributed by atoms with van der Waals surface area (Å²) in [5.74, 6) is 0.151. The number of likely N-dealkylation sites (N-methyl/N-ethyl adjacent to an activating group) is 1. The molecule has 1 heterocycles. The highest BCUT2D eigenvalue weighted by Gasteiger charge is 2.19. The molecule has 9 nitrogen and oxygen atoms in total. The molecule has 0 bridgehead atoms. The van der Waals surface area contributed by atoms with Gasteiger partial charge in [0, 0.05) is 81.7 Å². The summed E-state index contributed by atoms with van der Waals surface area (Å²) in [6, 6.07) is 21.2. The van der Waals surface area contributed by atoms with E-state index in [1.165, 1.54) is 5.56 Å². The van der Waals surface area contributed by atoms with Crippen molar-refractivity contribution in [3.05, 3.63) is 95.2 Å². The van der Waals surface area contributed by atoms with Crippen LogP contribution in [0.3, 0.4) is 0 Å². The number of hydrogen-bond acceptors (Lipinski definition) is 6. The van der Waals surface area contributed by atoms with Crippen molar-refractivity contribution in [1.82, 2.24) is 9.80 Å². The summed E-state index contributed by atoms with van der Waals surface area (Å²) >= 11 is 0. The van der Waals surface area contributed by atoms with Crippen molar-refractivity contribution in [2.75, 3.05) is 62.4 Å². The fraction of sp³-hybridized carbons (Fsp3) is 0.333. The van der Waals surface area contributed by atoms with Crippen LogP contribution in [0.2, 0.25) is 0 Å². The van der Waals surface area contributed by atoms with Crippen LogP contribution in [-0.2, 0) is 9.59 Å². The number of hydrogen-bond donors (Lipinski definition) is 1. The van der Waals surface area contributed by atoms with Crippen LogP contribution in [0.4, 0.5) is 17.1 Å². The Morgan fingerprint density at radius 1 is 0.889 bits per heavy atom. The Labute approximate surface area is 266 Å². The number of carbonyl (C=O) groups is 3. The molecular weight excluding hydrogens is 564 g/mol. The average Bonchev–Trinajstić information content (AvgIpc) is 3.05. The first-order valence-corrected chi connectivity index (χ1v) is 15.4. The molecule has 4 rings (SSSR count). The van der Waals surface area contributed by atoms with Crippen molar-refractivity contribution in [3.8, 4) is 0 Å². The summed E-state index contributed by atoms with van der Waals surface area (Å²) in [6.07, 6.45) is 6.60. The number of rotatable bonds is 12. The lowest BCUT2D eigenvalue weighted by molar-refractivity contribution is -0.107. The molecule has 0 spiro atoms. The number of likely N-dealkylation sites (tertiary alicyclic amines) is 1. The van der Waals surface area contributed by atoms with E-state index < -0.39 is 0 Å². The van der Waals surface area contributed by atoms with Gasteiger partial charge in [0.15, 0.2) is 12.1 Å². The van der Waals surface area contributed by atoms with Crippen molar-refractivity contribution in [2.24, 2.45) is 4.99 Å². The lowest BCUT2D eigenvalue weighted by atomic mass is 10.0. The zero-order valence-corrected chi connectivity index (χ0v) is 27.0. The van der Waals surface area contributed by atoms with E-state index in [1.807, 2.05) is 62.3 Å². The summed E-state index contributed by atoms with van der Waals surface area (Å²) in [6.45, 7) is 6.73. The maximum atomic E-state index is 12.9. The summed E-state index contributed by atoms with van der Waals surface area (Å²) in [5.41, 5.74) is 6.55. The molecule has 0 aliphatic carbocycles. The fourth-order valence-electron chi connectivity index (χ4n) is 5.37. The molecular formula is C36H44N6O3. The van der Waals surface area contributed by atoms with E-state index in [0.717, 1.165) is 61.3 Å². The van der Waals surface area contributed by atoms with E-state index >= 15 is 0 Å². The molecule has 0 unspecified atom stereocenters. The lowest BCUT2D eigenvalue weighted by Gasteiger charge is -2.26. The van der Waals surface area contributed by atoms with Crippen molar-refractivity contribution in [3.63, 3.8) is 0 Å². The third-order valence-electron chi connectivity index (χ3n) is 7.95. The highest BCUT2D eigenvalue weighted by molar-refractivity contribution is 6.33. The van der Waals surface area contributed by atoms with Gasteiger partial charge in [-0.3, -0.25) is 14.4 Å². The number of aliphatic imine (C=N–C) groups is 1. The normalized spacial score (nSPS) is 13.7. The van der Waals surface area contributed by atoms with Gasteiger partial charge in [-0.25, -0.2) is 4.99 Å². The first kappa shape index (κ1) is 33.0. The van der Waals surface area contributed by atoms with Crippen LogP contribution in [-0.4, -0.2) is 81.6 Å². The Bertz CT molecular complexity index is 1520. The van der Waals surface area contributed by atoms with Gasteiger partial charge in [0.25, 0.3) is 5.91 Å². The predicted octanol–water partition coefficient (Wildman–Crippen LogP) is 5.60. The minimum absolute atomic E-state index is 0.0308. The summed E-state index contributed by atoms with van der Waals surface area (Å²) in [4.78, 5) is 49.6. The molecule has 3 aromatic carbocycles. The highest BCUT2D eigenvalue weighted by atomic mass is 16.2. The molecule has 45 heavy (non-hydrogen) atoms. The van der Waals surface area contributed by atoms with E-state index in [1.54, 1.807) is 29.2 Å². The van der Waals surface area contributed by atoms with E-state index in [9.17, 15) is 14.4 Å². The van der Waals surface area contributed by atoms with E-state index in [2.05, 4.69) is 41.4 Å². The summed E-state index contributed by atoms with van der Waals surface area (Å²) in [5, 5.41) is 3.09. The molecule has 1 aliphatic rings. The van der Waals surface area contributed by atoms with Crippen molar-refractivity contribution >= 4 is 47.2 Å². The SMILES string of the molecule is Cc1ccc(N(C)CCN(C=O)c2cccc(/C(=C/N(C)C)N=C(C=O)Nc3ccc(C(=O)N4CCCCC4)cc3)c2C)cc1. The van der Waals surface area contributed by atoms with Gasteiger partial charge in [-0.2, -0.15) is 0 Å². The minimum Gasteiger partial charge on any atom is -0.382 e. The second-order valence-electron chi connectivity index (χ2n) is 11.7. The van der Waals surface area contributed by atoms with Gasteiger partial charge in [0.05, 0.1) is 5.70 Å². The number of aldehydes is 1. The molecule has 1 saturated heterocycles. The zero-order valence-electron chi connectivity index (χ0n) is 27.0. The maximum absolute atomic E-state index is 12.9. The standard InChI is InChI=1S/C36H44N6O3/c1-27-12-18-31(19-13-27)40(5)22-23-42(26-44)34-11-9-10-32(28(34)2)33(24-39(3)4)38-35(25-43)37-30-16-14-29(15-17-30)36(45)41-20-7-6-8-21-41/h9-19,24-26H,6-8,20-23H2,1-5H3,(H,37,38)/b33-24-. The Hall–Kier alpha value is -4.92. The number of anilines is 3. The van der Waals surface area contributed by atoms with Gasteiger partial charge < -0.3 is 24.9 Å². The number of nitrogens with zero attached hydrogens (tertiary/aromatic N) is 5. The predicted molar refractivity (Wildman–Crippen MR) is 184 cm³/mol. The van der Waals surface area contributed by atoms with Crippen molar-refractivity contribution in [1.29, 1.82) is 0 Å².